The molecule has 2 N–H and O–H groups in total. The molecule has 1 aromatic rings. The minimum absolute atomic E-state index is 0.0188. The summed E-state index contributed by atoms with van der Waals surface area (Å²) in [7, 11) is 0. The number of halogens is 2. The van der Waals surface area contributed by atoms with Gasteiger partial charge in [0.1, 0.15) is 0 Å². The summed E-state index contributed by atoms with van der Waals surface area (Å²) in [5.41, 5.74) is 0.367. The summed E-state index contributed by atoms with van der Waals surface area (Å²) in [5, 5.41) is 11.7. The van der Waals surface area contributed by atoms with E-state index in [-0.39, 0.29) is 5.75 Å². The molecule has 1 amide bonds. The quantitative estimate of drug-likeness (QED) is 0.650. The Morgan fingerprint density at radius 3 is 2.67 bits per heavy atom. The summed E-state index contributed by atoms with van der Waals surface area (Å²) in [5.74, 6) is 0.0188. The van der Waals surface area contributed by atoms with Crippen LogP contribution < -0.4 is 5.32 Å². The van der Waals surface area contributed by atoms with E-state index in [1.807, 2.05) is 0 Å². The molecule has 0 radical (unpaired) electrons. The van der Waals surface area contributed by atoms with Crippen molar-refractivity contribution in [3.05, 3.63) is 21.1 Å². The van der Waals surface area contributed by atoms with Crippen LogP contribution in [-0.4, -0.2) is 11.5 Å². The molecule has 0 atom stereocenters. The molecule has 0 unspecified atom stereocenters. The predicted octanol–water partition coefficient (Wildman–Crippen LogP) is 2.49. The Balaban J connectivity index is 3.17. The number of hydrogen-bond donors (Lipinski definition) is 2. The number of carbonyl (C=O) groups is 1. The molecule has 0 fully saturated rings. The lowest BCUT2D eigenvalue weighted by Gasteiger charge is -2.04. The molecule has 5 heteroatoms. The first-order chi connectivity index (χ1) is 5.65. The molecule has 0 aliphatic carbocycles. The van der Waals surface area contributed by atoms with Crippen molar-refractivity contribution >= 4 is 44.0 Å². The predicted molar refractivity (Wildman–Crippen MR) is 53.2 cm³/mol. The van der Waals surface area contributed by atoms with Gasteiger partial charge in [-0.1, -0.05) is 15.9 Å². The largest absolute Gasteiger partial charge is 0.505 e. The van der Waals surface area contributed by atoms with Crippen molar-refractivity contribution in [1.82, 2.24) is 0 Å². The monoisotopic (exact) mass is 293 g/mol. The van der Waals surface area contributed by atoms with Gasteiger partial charge in [0.25, 0.3) is 0 Å². The smallest absolute Gasteiger partial charge is 0.211 e. The standard InChI is InChI=1S/C7H5Br2NO2/c8-4-1-5(9)7(12)6(2-4)10-3-11/h1-3,12H,(H,10,11). The van der Waals surface area contributed by atoms with Crippen LogP contribution in [0.2, 0.25) is 0 Å². The van der Waals surface area contributed by atoms with Crippen LogP contribution in [0, 0.1) is 0 Å². The van der Waals surface area contributed by atoms with Gasteiger partial charge in [-0.05, 0) is 28.1 Å². The van der Waals surface area contributed by atoms with E-state index >= 15 is 0 Å². The second kappa shape index (κ2) is 3.91. The van der Waals surface area contributed by atoms with Crippen LogP contribution in [0.15, 0.2) is 21.1 Å². The third-order valence-corrected chi connectivity index (χ3v) is 2.30. The first kappa shape index (κ1) is 9.54. The number of anilines is 1. The molecule has 0 aliphatic rings. The Kier molecular flexibility index (Phi) is 3.11. The summed E-state index contributed by atoms with van der Waals surface area (Å²) < 4.78 is 1.30. The number of amides is 1. The molecule has 0 bridgehead atoms. The first-order valence-electron chi connectivity index (χ1n) is 3.03. The zero-order valence-electron chi connectivity index (χ0n) is 5.84. The summed E-state index contributed by atoms with van der Waals surface area (Å²) in [6, 6.07) is 3.29. The maximum Gasteiger partial charge on any atom is 0.211 e. The van der Waals surface area contributed by atoms with Crippen molar-refractivity contribution in [1.29, 1.82) is 0 Å². The zero-order valence-corrected chi connectivity index (χ0v) is 9.02. The highest BCUT2D eigenvalue weighted by Crippen LogP contribution is 2.34. The van der Waals surface area contributed by atoms with Gasteiger partial charge in [-0.25, -0.2) is 0 Å². The van der Waals surface area contributed by atoms with Crippen LogP contribution in [0.25, 0.3) is 0 Å². The van der Waals surface area contributed by atoms with E-state index < -0.39 is 0 Å². The fourth-order valence-corrected chi connectivity index (χ4v) is 1.96. The molecule has 0 aliphatic heterocycles. The van der Waals surface area contributed by atoms with Gasteiger partial charge >= 0.3 is 0 Å². The number of nitrogens with one attached hydrogen (secondary N) is 1. The fraction of sp³-hybridized carbons (Fsp3) is 0. The Bertz CT molecular complexity index is 315. The van der Waals surface area contributed by atoms with Gasteiger partial charge in [-0.3, -0.25) is 4.79 Å². The van der Waals surface area contributed by atoms with E-state index in [4.69, 9.17) is 0 Å². The van der Waals surface area contributed by atoms with Gasteiger partial charge in [-0.2, -0.15) is 0 Å². The van der Waals surface area contributed by atoms with E-state index in [0.29, 0.717) is 16.6 Å². The Hall–Kier alpha value is -0.550. The average Bonchev–Trinajstić information content (AvgIpc) is 2.00. The maximum absolute atomic E-state index is 10.1. The highest BCUT2D eigenvalue weighted by atomic mass is 79.9. The minimum atomic E-state index is 0.0188. The van der Waals surface area contributed by atoms with Gasteiger partial charge < -0.3 is 10.4 Å². The number of benzene rings is 1. The lowest BCUT2D eigenvalue weighted by atomic mass is 10.3. The van der Waals surface area contributed by atoms with Gasteiger partial charge in [-0.15, -0.1) is 0 Å². The molecule has 0 aromatic heterocycles. The van der Waals surface area contributed by atoms with Crippen LogP contribution in [-0.2, 0) is 4.79 Å². The lowest BCUT2D eigenvalue weighted by Crippen LogP contribution is -1.94. The molecule has 1 aromatic carbocycles. The lowest BCUT2D eigenvalue weighted by molar-refractivity contribution is -0.105. The van der Waals surface area contributed by atoms with Crippen LogP contribution in [0.5, 0.6) is 5.75 Å². The Morgan fingerprint density at radius 2 is 2.08 bits per heavy atom. The van der Waals surface area contributed by atoms with E-state index in [0.717, 1.165) is 4.47 Å². The van der Waals surface area contributed by atoms with E-state index in [2.05, 4.69) is 37.2 Å². The normalized spacial score (nSPS) is 9.50. The van der Waals surface area contributed by atoms with Gasteiger partial charge in [0.15, 0.2) is 5.75 Å². The third-order valence-electron chi connectivity index (χ3n) is 1.24. The highest BCUT2D eigenvalue weighted by molar-refractivity contribution is 9.11. The van der Waals surface area contributed by atoms with Crippen LogP contribution >= 0.6 is 31.9 Å². The second-order valence-corrected chi connectivity index (χ2v) is 3.82. The van der Waals surface area contributed by atoms with Crippen molar-refractivity contribution in [2.24, 2.45) is 0 Å². The summed E-state index contributed by atoms with van der Waals surface area (Å²) in [6.07, 6.45) is 0.508. The topological polar surface area (TPSA) is 49.3 Å². The summed E-state index contributed by atoms with van der Waals surface area (Å²) in [4.78, 5) is 10.1. The molecule has 12 heavy (non-hydrogen) atoms. The molecule has 0 spiro atoms. The average molecular weight is 295 g/mol. The maximum atomic E-state index is 10.1. The van der Waals surface area contributed by atoms with E-state index in [1.165, 1.54) is 0 Å². The third kappa shape index (κ3) is 1.98. The van der Waals surface area contributed by atoms with Crippen molar-refractivity contribution in [2.45, 2.75) is 0 Å². The number of aromatic hydroxyl groups is 1. The number of phenols is 1. The molecule has 0 saturated carbocycles. The first-order valence-corrected chi connectivity index (χ1v) is 4.62. The van der Waals surface area contributed by atoms with Crippen LogP contribution in [0.4, 0.5) is 5.69 Å². The summed E-state index contributed by atoms with van der Waals surface area (Å²) in [6.45, 7) is 0. The molecule has 0 heterocycles. The molecular weight excluding hydrogens is 290 g/mol. The summed E-state index contributed by atoms with van der Waals surface area (Å²) >= 11 is 6.35. The number of carbonyl (C=O) groups excluding carboxylic acids is 1. The number of phenolic OH excluding ortho intramolecular Hbond substituents is 1. The van der Waals surface area contributed by atoms with Gasteiger partial charge in [0.2, 0.25) is 6.41 Å². The molecule has 3 nitrogen and oxygen atoms in total. The second-order valence-electron chi connectivity index (χ2n) is 2.05. The van der Waals surface area contributed by atoms with Crippen molar-refractivity contribution in [2.75, 3.05) is 5.32 Å². The SMILES string of the molecule is O=CNc1cc(Br)cc(Br)c1O. The Labute approximate surface area is 86.0 Å². The molecule has 64 valence electrons. The number of hydrogen-bond acceptors (Lipinski definition) is 2. The van der Waals surface area contributed by atoms with Gasteiger partial charge in [0, 0.05) is 4.47 Å². The minimum Gasteiger partial charge on any atom is -0.505 e. The van der Waals surface area contributed by atoms with Crippen LogP contribution in [0.1, 0.15) is 0 Å². The van der Waals surface area contributed by atoms with Crippen molar-refractivity contribution in [3.63, 3.8) is 0 Å². The zero-order chi connectivity index (χ0) is 9.14. The van der Waals surface area contributed by atoms with Crippen molar-refractivity contribution in [3.8, 4) is 5.75 Å². The highest BCUT2D eigenvalue weighted by Gasteiger charge is 2.05. The number of rotatable bonds is 2. The van der Waals surface area contributed by atoms with Crippen molar-refractivity contribution < 1.29 is 9.90 Å². The van der Waals surface area contributed by atoms with Gasteiger partial charge in [0.05, 0.1) is 10.2 Å². The fourth-order valence-electron chi connectivity index (χ4n) is 0.739. The van der Waals surface area contributed by atoms with E-state index in [1.54, 1.807) is 12.1 Å². The van der Waals surface area contributed by atoms with E-state index in [9.17, 15) is 9.90 Å². The van der Waals surface area contributed by atoms with Crippen LogP contribution in [0.3, 0.4) is 0 Å². The molecule has 1 rings (SSSR count). The molecular formula is C7H5Br2NO2. The Morgan fingerprint density at radius 1 is 1.42 bits per heavy atom. The molecule has 0 saturated heterocycles.